The van der Waals surface area contributed by atoms with E-state index in [1.165, 1.54) is 0 Å². The van der Waals surface area contributed by atoms with Crippen LogP contribution in [0.4, 0.5) is 0 Å². The number of nitrogens with two attached hydrogens (primary N) is 1. The molecular weight excluding hydrogens is 276 g/mol. The minimum absolute atomic E-state index is 0. The molecule has 0 saturated heterocycles. The molecule has 0 aromatic carbocycles. The lowest BCUT2D eigenvalue weighted by Crippen LogP contribution is -2.09. The molecule has 2 aromatic rings. The Morgan fingerprint density at radius 1 is 1.47 bits per heavy atom. The standard InChI is InChI=1S/C11H14N2OS2.ClH/c1-7-13-9(6-15-7)11-3-2-10(16-11)8(12)4-5-14;/h2-3,6,8,14H,4-5,12H2,1H3;1H. The molecule has 0 spiro atoms. The zero-order valence-corrected chi connectivity index (χ0v) is 11.9. The Kier molecular flexibility index (Phi) is 5.55. The lowest BCUT2D eigenvalue weighted by Gasteiger charge is -2.05. The van der Waals surface area contributed by atoms with Crippen molar-refractivity contribution in [1.29, 1.82) is 0 Å². The fourth-order valence-electron chi connectivity index (χ4n) is 1.45. The zero-order valence-electron chi connectivity index (χ0n) is 9.42. The van der Waals surface area contributed by atoms with Crippen molar-refractivity contribution in [3.8, 4) is 10.6 Å². The maximum absolute atomic E-state index is 8.84. The van der Waals surface area contributed by atoms with Crippen LogP contribution in [-0.2, 0) is 0 Å². The molecule has 3 N–H and O–H groups in total. The molecule has 0 radical (unpaired) electrons. The fourth-order valence-corrected chi connectivity index (χ4v) is 3.14. The van der Waals surface area contributed by atoms with E-state index in [1.807, 2.05) is 19.1 Å². The summed E-state index contributed by atoms with van der Waals surface area (Å²) in [7, 11) is 0. The number of aryl methyl sites for hydroxylation is 1. The van der Waals surface area contributed by atoms with E-state index in [0.29, 0.717) is 6.42 Å². The molecule has 0 saturated carbocycles. The Balaban J connectivity index is 0.00000144. The first-order valence-corrected chi connectivity index (χ1v) is 6.79. The fraction of sp³-hybridized carbons (Fsp3) is 0.364. The first kappa shape index (κ1) is 14.6. The second-order valence-electron chi connectivity index (χ2n) is 3.57. The van der Waals surface area contributed by atoms with Crippen LogP contribution in [0.15, 0.2) is 17.5 Å². The normalized spacial score (nSPS) is 12.2. The van der Waals surface area contributed by atoms with Crippen molar-refractivity contribution >= 4 is 35.1 Å². The zero-order chi connectivity index (χ0) is 11.5. The molecule has 0 amide bonds. The van der Waals surface area contributed by atoms with E-state index in [1.54, 1.807) is 22.7 Å². The minimum atomic E-state index is -0.0662. The lowest BCUT2D eigenvalue weighted by atomic mass is 10.2. The highest BCUT2D eigenvalue weighted by atomic mass is 35.5. The van der Waals surface area contributed by atoms with Crippen LogP contribution in [0.5, 0.6) is 0 Å². The average Bonchev–Trinajstić information content (AvgIpc) is 2.85. The van der Waals surface area contributed by atoms with Crippen LogP contribution in [0, 0.1) is 6.92 Å². The molecule has 0 aliphatic rings. The number of aliphatic hydroxyl groups is 1. The largest absolute Gasteiger partial charge is 0.396 e. The van der Waals surface area contributed by atoms with Gasteiger partial charge in [0.2, 0.25) is 0 Å². The van der Waals surface area contributed by atoms with Gasteiger partial charge in [-0.2, -0.15) is 0 Å². The molecule has 2 aromatic heterocycles. The van der Waals surface area contributed by atoms with Gasteiger partial charge in [0, 0.05) is 22.9 Å². The van der Waals surface area contributed by atoms with E-state index in [2.05, 4.69) is 10.4 Å². The Morgan fingerprint density at radius 2 is 2.24 bits per heavy atom. The highest BCUT2D eigenvalue weighted by Gasteiger charge is 2.10. The molecule has 17 heavy (non-hydrogen) atoms. The first-order valence-electron chi connectivity index (χ1n) is 5.09. The summed E-state index contributed by atoms with van der Waals surface area (Å²) < 4.78 is 0. The molecule has 0 aliphatic heterocycles. The van der Waals surface area contributed by atoms with E-state index < -0.39 is 0 Å². The van der Waals surface area contributed by atoms with E-state index >= 15 is 0 Å². The van der Waals surface area contributed by atoms with Crippen LogP contribution in [0.2, 0.25) is 0 Å². The summed E-state index contributed by atoms with van der Waals surface area (Å²) in [5.41, 5.74) is 6.96. The maximum Gasteiger partial charge on any atom is 0.0914 e. The van der Waals surface area contributed by atoms with Crippen LogP contribution >= 0.6 is 35.1 Å². The topological polar surface area (TPSA) is 59.1 Å². The molecular formula is C11H15ClN2OS2. The molecule has 0 fully saturated rings. The monoisotopic (exact) mass is 290 g/mol. The van der Waals surface area contributed by atoms with Crippen molar-refractivity contribution in [3.05, 3.63) is 27.4 Å². The Labute approximate surface area is 115 Å². The van der Waals surface area contributed by atoms with Gasteiger partial charge in [-0.15, -0.1) is 35.1 Å². The molecule has 1 unspecified atom stereocenters. The number of hydrogen-bond donors (Lipinski definition) is 2. The van der Waals surface area contributed by atoms with Crippen molar-refractivity contribution in [2.75, 3.05) is 6.61 Å². The second-order valence-corrected chi connectivity index (χ2v) is 5.75. The van der Waals surface area contributed by atoms with E-state index in [0.717, 1.165) is 20.5 Å². The summed E-state index contributed by atoms with van der Waals surface area (Å²) >= 11 is 3.31. The summed E-state index contributed by atoms with van der Waals surface area (Å²) in [5.74, 6) is 0. The van der Waals surface area contributed by atoms with Crippen molar-refractivity contribution in [2.45, 2.75) is 19.4 Å². The highest BCUT2D eigenvalue weighted by molar-refractivity contribution is 7.16. The third-order valence-corrected chi connectivity index (χ3v) is 4.32. The lowest BCUT2D eigenvalue weighted by molar-refractivity contribution is 0.277. The van der Waals surface area contributed by atoms with Crippen LogP contribution in [-0.4, -0.2) is 16.7 Å². The highest BCUT2D eigenvalue weighted by Crippen LogP contribution is 2.32. The van der Waals surface area contributed by atoms with Gasteiger partial charge in [0.15, 0.2) is 0 Å². The summed E-state index contributed by atoms with van der Waals surface area (Å²) in [6.45, 7) is 2.13. The van der Waals surface area contributed by atoms with Gasteiger partial charge in [-0.25, -0.2) is 4.98 Å². The Hall–Kier alpha value is -0.460. The predicted molar refractivity (Wildman–Crippen MR) is 76.0 cm³/mol. The van der Waals surface area contributed by atoms with Crippen molar-refractivity contribution in [1.82, 2.24) is 4.98 Å². The molecule has 2 heterocycles. The second kappa shape index (κ2) is 6.47. The average molecular weight is 291 g/mol. The number of halogens is 1. The van der Waals surface area contributed by atoms with Crippen molar-refractivity contribution < 1.29 is 5.11 Å². The van der Waals surface area contributed by atoms with Gasteiger partial charge < -0.3 is 10.8 Å². The number of aromatic nitrogens is 1. The van der Waals surface area contributed by atoms with Crippen LogP contribution < -0.4 is 5.73 Å². The molecule has 94 valence electrons. The number of thiazole rings is 1. The molecule has 6 heteroatoms. The predicted octanol–water partition coefficient (Wildman–Crippen LogP) is 2.98. The molecule has 2 rings (SSSR count). The first-order chi connectivity index (χ1) is 7.70. The summed E-state index contributed by atoms with van der Waals surface area (Å²) in [4.78, 5) is 6.69. The maximum atomic E-state index is 8.84. The summed E-state index contributed by atoms with van der Waals surface area (Å²) in [6, 6.07) is 4.00. The number of hydrogen-bond acceptors (Lipinski definition) is 5. The molecule has 3 nitrogen and oxygen atoms in total. The third kappa shape index (κ3) is 3.50. The SMILES string of the molecule is Cc1nc(-c2ccc(C(N)CCO)s2)cs1.Cl. The molecule has 0 aliphatic carbocycles. The van der Waals surface area contributed by atoms with Gasteiger partial charge in [0.25, 0.3) is 0 Å². The van der Waals surface area contributed by atoms with E-state index in [-0.39, 0.29) is 25.1 Å². The Bertz CT molecular complexity index is 469. The third-order valence-electron chi connectivity index (χ3n) is 2.30. The van der Waals surface area contributed by atoms with Gasteiger partial charge >= 0.3 is 0 Å². The molecule has 1 atom stereocenters. The van der Waals surface area contributed by atoms with Gasteiger partial charge in [-0.1, -0.05) is 0 Å². The van der Waals surface area contributed by atoms with Gasteiger partial charge in [0.1, 0.15) is 0 Å². The number of nitrogens with zero attached hydrogens (tertiary/aromatic N) is 1. The van der Waals surface area contributed by atoms with Gasteiger partial charge in [-0.05, 0) is 25.5 Å². The van der Waals surface area contributed by atoms with E-state index in [4.69, 9.17) is 10.8 Å². The van der Waals surface area contributed by atoms with Gasteiger partial charge in [-0.3, -0.25) is 0 Å². The summed E-state index contributed by atoms with van der Waals surface area (Å²) in [5, 5.41) is 12.0. The van der Waals surface area contributed by atoms with Crippen LogP contribution in [0.1, 0.15) is 22.3 Å². The Morgan fingerprint density at radius 3 is 2.82 bits per heavy atom. The van der Waals surface area contributed by atoms with Crippen LogP contribution in [0.25, 0.3) is 10.6 Å². The smallest absolute Gasteiger partial charge is 0.0914 e. The van der Waals surface area contributed by atoms with E-state index in [9.17, 15) is 0 Å². The molecule has 0 bridgehead atoms. The van der Waals surface area contributed by atoms with Crippen molar-refractivity contribution in [2.24, 2.45) is 5.73 Å². The van der Waals surface area contributed by atoms with Crippen LogP contribution in [0.3, 0.4) is 0 Å². The number of aliphatic hydroxyl groups excluding tert-OH is 1. The van der Waals surface area contributed by atoms with Crippen molar-refractivity contribution in [3.63, 3.8) is 0 Å². The number of thiophene rings is 1. The van der Waals surface area contributed by atoms with Gasteiger partial charge in [0.05, 0.1) is 15.6 Å². The quantitative estimate of drug-likeness (QED) is 0.910. The minimum Gasteiger partial charge on any atom is -0.396 e. The summed E-state index contributed by atoms with van der Waals surface area (Å²) in [6.07, 6.45) is 0.607. The number of rotatable bonds is 4.